The van der Waals surface area contributed by atoms with Crippen LogP contribution in [0.25, 0.3) is 0 Å². The van der Waals surface area contributed by atoms with Gasteiger partial charge in [-0.3, -0.25) is 13.9 Å². The van der Waals surface area contributed by atoms with Gasteiger partial charge in [0.05, 0.1) is 11.9 Å². The molecule has 0 saturated carbocycles. The average molecular weight is 522 g/mol. The standard InChI is InChI=1S/C26H36ClN3O4S/c1-7-19(4)28-26(32)23(8-2)29(16-21-12-9-11-18(3)15-21)25(31)17-30(35(6,33)34)24-14-10-13-22(27)20(24)5/h9-15,19,23H,7-8,16-17H2,1-6H3,(H,28,32)/t19-,23+/m0/s1. The van der Waals surface area contributed by atoms with Crippen molar-refractivity contribution in [2.45, 2.75) is 66.1 Å². The summed E-state index contributed by atoms with van der Waals surface area (Å²) < 4.78 is 26.5. The zero-order valence-corrected chi connectivity index (χ0v) is 22.9. The van der Waals surface area contributed by atoms with E-state index in [2.05, 4.69) is 5.32 Å². The van der Waals surface area contributed by atoms with Crippen LogP contribution in [0.4, 0.5) is 5.69 Å². The predicted octanol–water partition coefficient (Wildman–Crippen LogP) is 4.44. The second-order valence-electron chi connectivity index (χ2n) is 8.91. The number of carbonyl (C=O) groups excluding carboxylic acids is 2. The number of hydrogen-bond donors (Lipinski definition) is 1. The summed E-state index contributed by atoms with van der Waals surface area (Å²) in [6.07, 6.45) is 2.19. The topological polar surface area (TPSA) is 86.8 Å². The number of halogens is 1. The summed E-state index contributed by atoms with van der Waals surface area (Å²) in [5.74, 6) is -0.727. The molecule has 0 unspecified atom stereocenters. The molecule has 2 atom stereocenters. The van der Waals surface area contributed by atoms with Gasteiger partial charge in [-0.15, -0.1) is 0 Å². The number of amides is 2. The molecule has 2 rings (SSSR count). The summed E-state index contributed by atoms with van der Waals surface area (Å²) in [4.78, 5) is 28.3. The Kier molecular flexibility index (Phi) is 10.2. The Morgan fingerprint density at radius 3 is 2.29 bits per heavy atom. The second-order valence-corrected chi connectivity index (χ2v) is 11.2. The lowest BCUT2D eigenvalue weighted by molar-refractivity contribution is -0.140. The lowest BCUT2D eigenvalue weighted by Crippen LogP contribution is -2.53. The maximum atomic E-state index is 13.7. The number of carbonyl (C=O) groups is 2. The molecule has 0 radical (unpaired) electrons. The van der Waals surface area contributed by atoms with Gasteiger partial charge in [0.2, 0.25) is 21.8 Å². The Bertz CT molecular complexity index is 1150. The number of benzene rings is 2. The summed E-state index contributed by atoms with van der Waals surface area (Å²) in [5.41, 5.74) is 2.78. The molecule has 0 aliphatic heterocycles. The van der Waals surface area contributed by atoms with E-state index in [-0.39, 0.29) is 18.5 Å². The minimum Gasteiger partial charge on any atom is -0.352 e. The van der Waals surface area contributed by atoms with Gasteiger partial charge in [-0.25, -0.2) is 8.42 Å². The summed E-state index contributed by atoms with van der Waals surface area (Å²) in [5, 5.41) is 3.37. The van der Waals surface area contributed by atoms with Crippen molar-refractivity contribution in [3.63, 3.8) is 0 Å². The number of nitrogens with one attached hydrogen (secondary N) is 1. The number of anilines is 1. The van der Waals surface area contributed by atoms with E-state index in [1.54, 1.807) is 25.1 Å². The van der Waals surface area contributed by atoms with Crippen molar-refractivity contribution in [1.29, 1.82) is 0 Å². The van der Waals surface area contributed by atoms with Crippen LogP contribution in [-0.2, 0) is 26.2 Å². The molecule has 0 bridgehead atoms. The SMILES string of the molecule is CC[C@H](C(=O)N[C@@H](C)CC)N(Cc1cccc(C)c1)C(=O)CN(c1cccc(Cl)c1C)S(C)(=O)=O. The Morgan fingerprint density at radius 2 is 1.71 bits per heavy atom. The predicted molar refractivity (Wildman–Crippen MR) is 142 cm³/mol. The van der Waals surface area contributed by atoms with Crippen LogP contribution >= 0.6 is 11.6 Å². The number of sulfonamides is 1. The number of hydrogen-bond acceptors (Lipinski definition) is 4. The fourth-order valence-electron chi connectivity index (χ4n) is 3.83. The zero-order chi connectivity index (χ0) is 26.3. The minimum atomic E-state index is -3.81. The minimum absolute atomic E-state index is 0.0471. The van der Waals surface area contributed by atoms with Crippen LogP contribution in [0.2, 0.25) is 5.02 Å². The van der Waals surface area contributed by atoms with Crippen molar-refractivity contribution in [1.82, 2.24) is 10.2 Å². The molecule has 1 N–H and O–H groups in total. The first-order chi connectivity index (χ1) is 16.4. The van der Waals surface area contributed by atoms with Crippen molar-refractivity contribution in [3.05, 3.63) is 64.2 Å². The van der Waals surface area contributed by atoms with Crippen molar-refractivity contribution in [2.24, 2.45) is 0 Å². The summed E-state index contributed by atoms with van der Waals surface area (Å²) in [6.45, 7) is 9.11. The monoisotopic (exact) mass is 521 g/mol. The molecular weight excluding hydrogens is 486 g/mol. The highest BCUT2D eigenvalue weighted by Crippen LogP contribution is 2.28. The second kappa shape index (κ2) is 12.4. The summed E-state index contributed by atoms with van der Waals surface area (Å²) in [6, 6.07) is 11.8. The van der Waals surface area contributed by atoms with Crippen molar-refractivity contribution in [3.8, 4) is 0 Å². The molecule has 2 aromatic carbocycles. The molecule has 0 saturated heterocycles. The van der Waals surface area contributed by atoms with Crippen LogP contribution in [0.15, 0.2) is 42.5 Å². The molecule has 0 aliphatic carbocycles. The van der Waals surface area contributed by atoms with Crippen LogP contribution in [0.1, 0.15) is 50.3 Å². The lowest BCUT2D eigenvalue weighted by atomic mass is 10.1. The number of nitrogens with zero attached hydrogens (tertiary/aromatic N) is 2. The van der Waals surface area contributed by atoms with Crippen LogP contribution in [0.5, 0.6) is 0 Å². The summed E-state index contributed by atoms with van der Waals surface area (Å²) in [7, 11) is -3.81. The van der Waals surface area contributed by atoms with Gasteiger partial charge in [0.25, 0.3) is 0 Å². The smallest absolute Gasteiger partial charge is 0.244 e. The first kappa shape index (κ1) is 28.7. The Hall–Kier alpha value is -2.58. The molecule has 2 amide bonds. The van der Waals surface area contributed by atoms with E-state index in [9.17, 15) is 18.0 Å². The molecule has 0 fully saturated rings. The van der Waals surface area contributed by atoms with Gasteiger partial charge in [-0.2, -0.15) is 0 Å². The van der Waals surface area contributed by atoms with E-state index >= 15 is 0 Å². The Labute approximate surface area is 214 Å². The van der Waals surface area contributed by atoms with E-state index in [4.69, 9.17) is 11.6 Å². The largest absolute Gasteiger partial charge is 0.352 e. The van der Waals surface area contributed by atoms with Crippen LogP contribution in [-0.4, -0.2) is 50.0 Å². The van der Waals surface area contributed by atoms with E-state index < -0.39 is 28.5 Å². The molecule has 7 nitrogen and oxygen atoms in total. The normalized spacial score (nSPS) is 13.1. The molecule has 9 heteroatoms. The maximum Gasteiger partial charge on any atom is 0.244 e. The van der Waals surface area contributed by atoms with E-state index in [1.807, 2.05) is 52.0 Å². The third kappa shape index (κ3) is 7.70. The highest BCUT2D eigenvalue weighted by Gasteiger charge is 2.32. The summed E-state index contributed by atoms with van der Waals surface area (Å²) >= 11 is 6.24. The van der Waals surface area contributed by atoms with Crippen LogP contribution in [0.3, 0.4) is 0 Å². The van der Waals surface area contributed by atoms with Crippen molar-refractivity contribution in [2.75, 3.05) is 17.1 Å². The molecular formula is C26H36ClN3O4S. The quantitative estimate of drug-likeness (QED) is 0.473. The highest BCUT2D eigenvalue weighted by molar-refractivity contribution is 7.92. The van der Waals surface area contributed by atoms with Crippen LogP contribution in [0, 0.1) is 13.8 Å². The third-order valence-corrected chi connectivity index (χ3v) is 7.55. The maximum absolute atomic E-state index is 13.7. The average Bonchev–Trinajstić information content (AvgIpc) is 2.78. The van der Waals surface area contributed by atoms with E-state index in [0.29, 0.717) is 22.7 Å². The first-order valence-electron chi connectivity index (χ1n) is 11.8. The molecule has 192 valence electrons. The Morgan fingerprint density at radius 1 is 1.06 bits per heavy atom. The van der Waals surface area contributed by atoms with Gasteiger partial charge in [-0.05, 0) is 56.9 Å². The van der Waals surface area contributed by atoms with Crippen LogP contribution < -0.4 is 9.62 Å². The lowest BCUT2D eigenvalue weighted by Gasteiger charge is -2.33. The number of rotatable bonds is 11. The molecule has 0 spiro atoms. The molecule has 2 aromatic rings. The first-order valence-corrected chi connectivity index (χ1v) is 14.0. The van der Waals surface area contributed by atoms with Gasteiger partial charge in [-0.1, -0.05) is 61.3 Å². The van der Waals surface area contributed by atoms with Gasteiger partial charge in [0.1, 0.15) is 12.6 Å². The fourth-order valence-corrected chi connectivity index (χ4v) is 4.90. The molecule has 0 heterocycles. The van der Waals surface area contributed by atoms with E-state index in [1.165, 1.54) is 4.90 Å². The number of aryl methyl sites for hydroxylation is 1. The molecule has 35 heavy (non-hydrogen) atoms. The Balaban J connectivity index is 2.49. The molecule has 0 aliphatic rings. The van der Waals surface area contributed by atoms with Gasteiger partial charge < -0.3 is 10.2 Å². The fraction of sp³-hybridized carbons (Fsp3) is 0.462. The molecule has 0 aromatic heterocycles. The third-order valence-electron chi connectivity index (χ3n) is 6.01. The van der Waals surface area contributed by atoms with Crippen molar-refractivity contribution < 1.29 is 18.0 Å². The highest BCUT2D eigenvalue weighted by atomic mass is 35.5. The van der Waals surface area contributed by atoms with Gasteiger partial charge in [0, 0.05) is 17.6 Å². The van der Waals surface area contributed by atoms with Gasteiger partial charge in [0.15, 0.2) is 0 Å². The van der Waals surface area contributed by atoms with Crippen molar-refractivity contribution >= 4 is 39.1 Å². The van der Waals surface area contributed by atoms with Gasteiger partial charge >= 0.3 is 0 Å². The zero-order valence-electron chi connectivity index (χ0n) is 21.3. The van der Waals surface area contributed by atoms with E-state index in [0.717, 1.165) is 28.1 Å².